The van der Waals surface area contributed by atoms with E-state index in [-0.39, 0.29) is 11.0 Å². The van der Waals surface area contributed by atoms with Gasteiger partial charge in [0.1, 0.15) is 5.75 Å². The predicted molar refractivity (Wildman–Crippen MR) is 88.4 cm³/mol. The maximum atomic E-state index is 5.96. The van der Waals surface area contributed by atoms with Gasteiger partial charge in [-0.3, -0.25) is 0 Å². The van der Waals surface area contributed by atoms with E-state index in [2.05, 4.69) is 46.9 Å². The molecule has 0 fully saturated rings. The first-order valence-corrected chi connectivity index (χ1v) is 7.43. The molecule has 0 heterocycles. The summed E-state index contributed by atoms with van der Waals surface area (Å²) in [7, 11) is 0. The minimum atomic E-state index is 0.00801. The fraction of sp³-hybridized carbons (Fsp3) is 0.647. The Labute approximate surface area is 123 Å². The van der Waals surface area contributed by atoms with Crippen LogP contribution >= 0.6 is 0 Å². The Hall–Kier alpha value is -1.38. The molecule has 20 heavy (non-hydrogen) atoms. The van der Waals surface area contributed by atoms with Crippen molar-refractivity contribution in [2.75, 3.05) is 17.7 Å². The molecule has 0 aliphatic heterocycles. The average Bonchev–Trinajstić information content (AvgIpc) is 2.21. The van der Waals surface area contributed by atoms with Gasteiger partial charge >= 0.3 is 0 Å². The molecule has 3 N–H and O–H groups in total. The van der Waals surface area contributed by atoms with Crippen molar-refractivity contribution in [3.63, 3.8) is 0 Å². The average molecular weight is 278 g/mol. The second-order valence-electron chi connectivity index (χ2n) is 7.39. The lowest BCUT2D eigenvalue weighted by molar-refractivity contribution is 0.302. The lowest BCUT2D eigenvalue weighted by Gasteiger charge is -2.34. The first-order valence-electron chi connectivity index (χ1n) is 7.43. The number of ether oxygens (including phenoxy) is 1. The standard InChI is InChI=1S/C17H30N2O/c1-7-8-20-15-10-13(18)9-14(11-15)19-17(5,6)12-16(2,3)4/h9-11,19H,7-8,12,18H2,1-6H3. The van der Waals surface area contributed by atoms with Crippen LogP contribution in [0.4, 0.5) is 11.4 Å². The number of benzene rings is 1. The normalized spacial score (nSPS) is 12.3. The summed E-state index contributed by atoms with van der Waals surface area (Å²) in [6.07, 6.45) is 2.06. The van der Waals surface area contributed by atoms with Gasteiger partial charge in [0.25, 0.3) is 0 Å². The molecule has 0 saturated carbocycles. The third kappa shape index (κ3) is 6.18. The Morgan fingerprint density at radius 3 is 2.30 bits per heavy atom. The highest BCUT2D eigenvalue weighted by Crippen LogP contribution is 2.31. The predicted octanol–water partition coefficient (Wildman–Crippen LogP) is 4.68. The lowest BCUT2D eigenvalue weighted by Crippen LogP contribution is -2.35. The van der Waals surface area contributed by atoms with Crippen LogP contribution in [0.3, 0.4) is 0 Å². The van der Waals surface area contributed by atoms with Crippen molar-refractivity contribution in [3.8, 4) is 5.75 Å². The third-order valence-corrected chi connectivity index (χ3v) is 2.86. The minimum Gasteiger partial charge on any atom is -0.493 e. The Kier molecular flexibility index (Phi) is 5.32. The number of nitrogen functional groups attached to an aromatic ring is 1. The first kappa shape index (κ1) is 16.7. The molecule has 0 bridgehead atoms. The highest BCUT2D eigenvalue weighted by molar-refractivity contribution is 5.60. The molecule has 0 aromatic heterocycles. The third-order valence-electron chi connectivity index (χ3n) is 2.86. The highest BCUT2D eigenvalue weighted by Gasteiger charge is 2.25. The zero-order valence-electron chi connectivity index (χ0n) is 13.8. The van der Waals surface area contributed by atoms with Crippen LogP contribution in [0.25, 0.3) is 0 Å². The molecule has 3 heteroatoms. The SMILES string of the molecule is CCCOc1cc(N)cc(NC(C)(C)CC(C)(C)C)c1. The fourth-order valence-electron chi connectivity index (χ4n) is 2.76. The van der Waals surface area contributed by atoms with Crippen molar-refractivity contribution in [1.82, 2.24) is 0 Å². The molecule has 0 spiro atoms. The zero-order valence-corrected chi connectivity index (χ0v) is 13.8. The van der Waals surface area contributed by atoms with Gasteiger partial charge in [0.15, 0.2) is 0 Å². The zero-order chi connectivity index (χ0) is 15.4. The number of anilines is 2. The maximum absolute atomic E-state index is 5.96. The highest BCUT2D eigenvalue weighted by atomic mass is 16.5. The van der Waals surface area contributed by atoms with E-state index >= 15 is 0 Å². The van der Waals surface area contributed by atoms with E-state index in [0.29, 0.717) is 6.61 Å². The Balaban J connectivity index is 2.83. The molecule has 0 amide bonds. The van der Waals surface area contributed by atoms with Crippen LogP contribution in [0.15, 0.2) is 18.2 Å². The van der Waals surface area contributed by atoms with E-state index in [9.17, 15) is 0 Å². The molecule has 0 atom stereocenters. The molecule has 114 valence electrons. The first-order chi connectivity index (χ1) is 9.11. The summed E-state index contributed by atoms with van der Waals surface area (Å²) in [6, 6.07) is 5.86. The van der Waals surface area contributed by atoms with E-state index in [1.54, 1.807) is 0 Å². The number of hydrogen-bond donors (Lipinski definition) is 2. The molecule has 0 aliphatic carbocycles. The van der Waals surface area contributed by atoms with E-state index < -0.39 is 0 Å². The lowest BCUT2D eigenvalue weighted by atomic mass is 9.81. The quantitative estimate of drug-likeness (QED) is 0.742. The van der Waals surface area contributed by atoms with Gasteiger partial charge in [-0.15, -0.1) is 0 Å². The smallest absolute Gasteiger partial charge is 0.123 e. The number of hydrogen-bond acceptors (Lipinski definition) is 3. The molecule has 1 aromatic carbocycles. The minimum absolute atomic E-state index is 0.00801. The molecule has 1 aromatic rings. The molecular weight excluding hydrogens is 248 g/mol. The van der Waals surface area contributed by atoms with Crippen molar-refractivity contribution in [2.24, 2.45) is 5.41 Å². The molecular formula is C17H30N2O. The Bertz CT molecular complexity index is 433. The number of rotatable bonds is 6. The largest absolute Gasteiger partial charge is 0.493 e. The van der Waals surface area contributed by atoms with Gasteiger partial charge in [0.2, 0.25) is 0 Å². The second-order valence-corrected chi connectivity index (χ2v) is 7.39. The van der Waals surface area contributed by atoms with Crippen molar-refractivity contribution >= 4 is 11.4 Å². The van der Waals surface area contributed by atoms with Gasteiger partial charge in [-0.05, 0) is 38.2 Å². The summed E-state index contributed by atoms with van der Waals surface area (Å²) in [4.78, 5) is 0. The van der Waals surface area contributed by atoms with Crippen molar-refractivity contribution in [1.29, 1.82) is 0 Å². The van der Waals surface area contributed by atoms with Crippen molar-refractivity contribution in [2.45, 2.75) is 59.9 Å². The van der Waals surface area contributed by atoms with Gasteiger partial charge in [-0.1, -0.05) is 27.7 Å². The summed E-state index contributed by atoms with van der Waals surface area (Å²) in [5, 5.41) is 3.57. The monoisotopic (exact) mass is 278 g/mol. The van der Waals surface area contributed by atoms with Crippen LogP contribution in [0, 0.1) is 5.41 Å². The van der Waals surface area contributed by atoms with Gasteiger partial charge < -0.3 is 15.8 Å². The van der Waals surface area contributed by atoms with Gasteiger partial charge in [0.05, 0.1) is 6.61 Å². The van der Waals surface area contributed by atoms with Gasteiger partial charge in [-0.25, -0.2) is 0 Å². The maximum Gasteiger partial charge on any atom is 0.123 e. The molecule has 1 rings (SSSR count). The summed E-state index contributed by atoms with van der Waals surface area (Å²) in [5.74, 6) is 0.834. The van der Waals surface area contributed by atoms with Crippen LogP contribution in [-0.4, -0.2) is 12.1 Å². The summed E-state index contributed by atoms with van der Waals surface area (Å²) in [6.45, 7) is 14.0. The van der Waals surface area contributed by atoms with Crippen LogP contribution in [0.1, 0.15) is 54.4 Å². The van der Waals surface area contributed by atoms with Crippen LogP contribution in [0.2, 0.25) is 0 Å². The second kappa shape index (κ2) is 6.38. The van der Waals surface area contributed by atoms with Crippen LogP contribution in [0.5, 0.6) is 5.75 Å². The van der Waals surface area contributed by atoms with E-state index in [0.717, 1.165) is 30.0 Å². The van der Waals surface area contributed by atoms with Gasteiger partial charge in [0, 0.05) is 29.0 Å². The molecule has 0 unspecified atom stereocenters. The van der Waals surface area contributed by atoms with Crippen molar-refractivity contribution < 1.29 is 4.74 Å². The van der Waals surface area contributed by atoms with Crippen molar-refractivity contribution in [3.05, 3.63) is 18.2 Å². The van der Waals surface area contributed by atoms with E-state index in [1.165, 1.54) is 0 Å². The van der Waals surface area contributed by atoms with E-state index in [1.807, 2.05) is 18.2 Å². The molecule has 0 saturated heterocycles. The molecule has 3 nitrogen and oxygen atoms in total. The van der Waals surface area contributed by atoms with Crippen LogP contribution < -0.4 is 15.8 Å². The number of nitrogens with one attached hydrogen (secondary N) is 1. The van der Waals surface area contributed by atoms with E-state index in [4.69, 9.17) is 10.5 Å². The summed E-state index contributed by atoms with van der Waals surface area (Å²) < 4.78 is 5.67. The summed E-state index contributed by atoms with van der Waals surface area (Å²) >= 11 is 0. The fourth-order valence-corrected chi connectivity index (χ4v) is 2.76. The van der Waals surface area contributed by atoms with Gasteiger partial charge in [-0.2, -0.15) is 0 Å². The number of nitrogens with two attached hydrogens (primary N) is 1. The molecule has 0 aliphatic rings. The Morgan fingerprint density at radius 1 is 1.10 bits per heavy atom. The Morgan fingerprint density at radius 2 is 1.75 bits per heavy atom. The van der Waals surface area contributed by atoms with Crippen LogP contribution in [-0.2, 0) is 0 Å². The topological polar surface area (TPSA) is 47.3 Å². The molecule has 0 radical (unpaired) electrons. The summed E-state index contributed by atoms with van der Waals surface area (Å²) in [5.41, 5.74) is 7.99.